The third-order valence-corrected chi connectivity index (χ3v) is 32.1. The number of fused-ring (bicyclic) bond motifs is 2. The molecule has 190 valence electrons. The summed E-state index contributed by atoms with van der Waals surface area (Å²) >= 11 is -7.63. The van der Waals surface area contributed by atoms with Crippen LogP contribution in [0, 0.1) is 0 Å². The molecule has 2 atom stereocenters. The minimum absolute atomic E-state index is 0.0432. The van der Waals surface area contributed by atoms with Crippen molar-refractivity contribution in [3.63, 3.8) is 0 Å². The summed E-state index contributed by atoms with van der Waals surface area (Å²) in [7, 11) is 30.1. The van der Waals surface area contributed by atoms with Crippen molar-refractivity contribution in [2.45, 2.75) is 15.5 Å². The Labute approximate surface area is 248 Å². The average Bonchev–Trinajstić information content (AvgIpc) is 3.53. The van der Waals surface area contributed by atoms with E-state index in [-0.39, 0.29) is 7.25 Å². The Kier molecular flexibility index (Phi) is 8.15. The molecule has 38 heavy (non-hydrogen) atoms. The van der Waals surface area contributed by atoms with Crippen molar-refractivity contribution >= 4 is 57.3 Å². The first-order valence-electron chi connectivity index (χ1n) is 12.8. The van der Waals surface area contributed by atoms with Crippen molar-refractivity contribution in [3.05, 3.63) is 143 Å². The van der Waals surface area contributed by atoms with Crippen molar-refractivity contribution in [2.75, 3.05) is 0 Å². The second kappa shape index (κ2) is 11.3. The molecular formula is C32H26Cl4Zr2. The molecule has 0 N–H and O–H groups in total. The van der Waals surface area contributed by atoms with Gasteiger partial charge in [0.1, 0.15) is 0 Å². The topological polar surface area (TPSA) is 0 Å². The number of allylic oxidation sites excluding steroid dienone is 2. The van der Waals surface area contributed by atoms with E-state index in [1.54, 1.807) is 0 Å². The summed E-state index contributed by atoms with van der Waals surface area (Å²) in [6, 6.07) is 38.0. The van der Waals surface area contributed by atoms with Crippen LogP contribution < -0.4 is 0 Å². The average molecular weight is 735 g/mol. The molecule has 4 aromatic rings. The molecule has 6 heteroatoms. The molecule has 0 nitrogen and oxygen atoms in total. The van der Waals surface area contributed by atoms with Gasteiger partial charge in [-0.25, -0.2) is 0 Å². The van der Waals surface area contributed by atoms with Crippen LogP contribution in [0.2, 0.25) is 8.26 Å². The first kappa shape index (κ1) is 27.5. The molecule has 0 bridgehead atoms. The van der Waals surface area contributed by atoms with Gasteiger partial charge in [-0.15, -0.1) is 0 Å². The second-order valence-corrected chi connectivity index (χ2v) is 41.1. The van der Waals surface area contributed by atoms with Gasteiger partial charge in [0, 0.05) is 0 Å². The van der Waals surface area contributed by atoms with E-state index >= 15 is 0 Å². The summed E-state index contributed by atoms with van der Waals surface area (Å²) < 4.78 is 1.54. The Bertz CT molecular complexity index is 1410. The van der Waals surface area contributed by atoms with Crippen LogP contribution in [0.25, 0.3) is 23.3 Å². The molecule has 0 radical (unpaired) electrons. The second-order valence-electron chi connectivity index (χ2n) is 10.1. The van der Waals surface area contributed by atoms with Gasteiger partial charge in [-0.1, -0.05) is 0 Å². The summed E-state index contributed by atoms with van der Waals surface area (Å²) in [5, 5.41) is 0. The molecule has 0 amide bonds. The monoisotopic (exact) mass is 730 g/mol. The fourth-order valence-corrected chi connectivity index (χ4v) is 44.5. The Morgan fingerprint density at radius 3 is 1.18 bits per heavy atom. The molecule has 0 heterocycles. The van der Waals surface area contributed by atoms with E-state index in [2.05, 4.69) is 109 Å². The Balaban J connectivity index is 1.32. The number of rotatable bonds is 7. The molecule has 0 saturated carbocycles. The van der Waals surface area contributed by atoms with E-state index in [4.69, 9.17) is 34.1 Å². The van der Waals surface area contributed by atoms with Crippen molar-refractivity contribution in [2.24, 2.45) is 0 Å². The quantitative estimate of drug-likeness (QED) is 0.177. The van der Waals surface area contributed by atoms with Crippen LogP contribution in [0.1, 0.15) is 40.6 Å². The summed E-state index contributed by atoms with van der Waals surface area (Å²) in [5.74, 6) is 0. The normalized spacial score (nSPS) is 18.5. The molecule has 4 aromatic carbocycles. The van der Waals surface area contributed by atoms with Crippen molar-refractivity contribution in [1.29, 1.82) is 0 Å². The Morgan fingerprint density at radius 2 is 0.789 bits per heavy atom. The molecule has 0 aliphatic heterocycles. The predicted molar refractivity (Wildman–Crippen MR) is 160 cm³/mol. The molecule has 6 rings (SSSR count). The van der Waals surface area contributed by atoms with Gasteiger partial charge in [0.2, 0.25) is 0 Å². The van der Waals surface area contributed by atoms with Crippen LogP contribution in [-0.2, 0) is 35.8 Å². The molecule has 0 spiro atoms. The molecule has 0 aromatic heterocycles. The van der Waals surface area contributed by atoms with Gasteiger partial charge in [-0.05, 0) is 0 Å². The Morgan fingerprint density at radius 1 is 0.447 bits per heavy atom. The van der Waals surface area contributed by atoms with Crippen molar-refractivity contribution in [3.8, 4) is 0 Å². The third kappa shape index (κ3) is 5.32. The van der Waals surface area contributed by atoms with E-state index in [9.17, 15) is 0 Å². The van der Waals surface area contributed by atoms with Crippen LogP contribution in [-0.4, -0.2) is 0 Å². The van der Waals surface area contributed by atoms with Gasteiger partial charge < -0.3 is 0 Å². The molecule has 2 unspecified atom stereocenters. The van der Waals surface area contributed by atoms with Crippen LogP contribution >= 0.6 is 34.1 Å². The fourth-order valence-electron chi connectivity index (χ4n) is 5.94. The zero-order valence-electron chi connectivity index (χ0n) is 20.6. The van der Waals surface area contributed by atoms with Crippen LogP contribution in [0.5, 0.6) is 0 Å². The van der Waals surface area contributed by atoms with Gasteiger partial charge in [-0.3, -0.25) is 0 Å². The van der Waals surface area contributed by atoms with Crippen LogP contribution in [0.3, 0.4) is 0 Å². The minimum atomic E-state index is -3.81. The van der Waals surface area contributed by atoms with E-state index in [1.165, 1.54) is 44.5 Å². The molecule has 2 aliphatic rings. The third-order valence-electron chi connectivity index (χ3n) is 7.71. The standard InChI is InChI=1S/2C15H11.C2H4.4ClH.2Zr/c2*1-2-6-12(7-3-1)15-10-13-8-4-5-9-14(13)11-15;1-2;;;;;;/h2*1-11H;1-2H2;4*1H;;/q;;;;;;;2*+2/p-4. The molecule has 0 fully saturated rings. The van der Waals surface area contributed by atoms with E-state index in [1.807, 2.05) is 12.1 Å². The van der Waals surface area contributed by atoms with Gasteiger partial charge >= 0.3 is 251 Å². The molecule has 0 saturated heterocycles. The van der Waals surface area contributed by atoms with Crippen LogP contribution in [0.15, 0.2) is 109 Å². The van der Waals surface area contributed by atoms with Gasteiger partial charge in [0.25, 0.3) is 0 Å². The van der Waals surface area contributed by atoms with E-state index in [0.717, 1.165) is 8.26 Å². The van der Waals surface area contributed by atoms with Crippen molar-refractivity contribution in [1.82, 2.24) is 0 Å². The van der Waals surface area contributed by atoms with Crippen molar-refractivity contribution < 1.29 is 35.8 Å². The number of halogens is 4. The number of benzene rings is 4. The van der Waals surface area contributed by atoms with E-state index in [0.29, 0.717) is 0 Å². The fraction of sp³-hybridized carbons (Fsp3) is 0.125. The van der Waals surface area contributed by atoms with Gasteiger partial charge in [0.05, 0.1) is 0 Å². The zero-order valence-corrected chi connectivity index (χ0v) is 28.6. The summed E-state index contributed by atoms with van der Waals surface area (Å²) in [6.45, 7) is 0. The summed E-state index contributed by atoms with van der Waals surface area (Å²) in [4.78, 5) is 0. The Hall–Kier alpha value is -0.714. The molecule has 2 aliphatic carbocycles. The number of hydrogen-bond donors (Lipinski definition) is 0. The summed E-state index contributed by atoms with van der Waals surface area (Å²) in [6.07, 6.45) is 4.54. The number of hydrogen-bond acceptors (Lipinski definition) is 0. The van der Waals surface area contributed by atoms with Gasteiger partial charge in [-0.2, -0.15) is 0 Å². The van der Waals surface area contributed by atoms with E-state index < -0.39 is 35.8 Å². The predicted octanol–water partition coefficient (Wildman–Crippen LogP) is 11.3. The first-order chi connectivity index (χ1) is 18.4. The summed E-state index contributed by atoms with van der Waals surface area (Å²) in [5.41, 5.74) is 9.74. The van der Waals surface area contributed by atoms with Crippen LogP contribution in [0.4, 0.5) is 0 Å². The first-order valence-corrected chi connectivity index (χ1v) is 31.8. The maximum absolute atomic E-state index is 7.52. The molecular weight excluding hydrogens is 709 g/mol. The van der Waals surface area contributed by atoms with Gasteiger partial charge in [0.15, 0.2) is 0 Å². The zero-order chi connectivity index (χ0) is 26.3. The maximum atomic E-state index is 7.52. The SMILES string of the molecule is [Cl][Zr]([Cl])([CH2][CH2][Zr]([Cl])([Cl])[CH]1C(c2ccccc2)=Cc2ccccc21)[CH]1C(c2ccccc2)=Cc2ccccc21.